The quantitative estimate of drug-likeness (QED) is 0.824. The molecule has 0 N–H and O–H groups in total. The summed E-state index contributed by atoms with van der Waals surface area (Å²) < 4.78 is 26.8. The van der Waals surface area contributed by atoms with Crippen LogP contribution in [0.25, 0.3) is 0 Å². The largest absolute Gasteiger partial charge is 0.304 e. The second-order valence-electron chi connectivity index (χ2n) is 6.38. The molecule has 0 bridgehead atoms. The number of piperazine rings is 1. The molecule has 2 saturated heterocycles. The predicted molar refractivity (Wildman–Crippen MR) is 88.1 cm³/mol. The van der Waals surface area contributed by atoms with E-state index >= 15 is 0 Å². The highest BCUT2D eigenvalue weighted by molar-refractivity contribution is 7.88. The van der Waals surface area contributed by atoms with Crippen LogP contribution in [0.4, 0.5) is 0 Å². The Morgan fingerprint density at radius 1 is 1.05 bits per heavy atom. The maximum atomic E-state index is 12.6. The molecular formula is C16H25N3O2S. The number of rotatable bonds is 4. The van der Waals surface area contributed by atoms with Crippen LogP contribution in [0.2, 0.25) is 0 Å². The van der Waals surface area contributed by atoms with Crippen LogP contribution in [0.1, 0.15) is 12.0 Å². The third-order valence-electron chi connectivity index (χ3n) is 4.77. The van der Waals surface area contributed by atoms with Crippen LogP contribution in [0.5, 0.6) is 0 Å². The maximum absolute atomic E-state index is 12.6. The molecule has 0 spiro atoms. The van der Waals surface area contributed by atoms with Crippen molar-refractivity contribution in [2.24, 2.45) is 0 Å². The first-order valence-corrected chi connectivity index (χ1v) is 9.60. The number of hydrogen-bond donors (Lipinski definition) is 0. The maximum Gasteiger partial charge on any atom is 0.218 e. The highest BCUT2D eigenvalue weighted by Gasteiger charge is 2.34. The van der Waals surface area contributed by atoms with Crippen molar-refractivity contribution in [2.45, 2.75) is 18.2 Å². The summed E-state index contributed by atoms with van der Waals surface area (Å²) in [7, 11) is -1.06. The molecule has 1 aromatic carbocycles. The molecule has 1 atom stereocenters. The van der Waals surface area contributed by atoms with Gasteiger partial charge in [0.2, 0.25) is 10.0 Å². The third-order valence-corrected chi connectivity index (χ3v) is 6.58. The molecule has 122 valence electrons. The zero-order valence-corrected chi connectivity index (χ0v) is 14.0. The van der Waals surface area contributed by atoms with Gasteiger partial charge in [-0.15, -0.1) is 0 Å². The van der Waals surface area contributed by atoms with Crippen molar-refractivity contribution >= 4 is 10.0 Å². The lowest BCUT2D eigenvalue weighted by atomic mass is 10.2. The summed E-state index contributed by atoms with van der Waals surface area (Å²) in [6.45, 7) is 5.56. The zero-order chi connectivity index (χ0) is 15.6. The van der Waals surface area contributed by atoms with Crippen LogP contribution in [-0.2, 0) is 15.8 Å². The van der Waals surface area contributed by atoms with Gasteiger partial charge in [-0.25, -0.2) is 12.7 Å². The van der Waals surface area contributed by atoms with Gasteiger partial charge < -0.3 is 4.90 Å². The van der Waals surface area contributed by atoms with Gasteiger partial charge in [0.1, 0.15) is 0 Å². The minimum atomic E-state index is -3.20. The third kappa shape index (κ3) is 3.68. The van der Waals surface area contributed by atoms with Gasteiger partial charge in [-0.3, -0.25) is 4.90 Å². The molecule has 22 heavy (non-hydrogen) atoms. The summed E-state index contributed by atoms with van der Waals surface area (Å²) in [6.07, 6.45) is 0.956. The van der Waals surface area contributed by atoms with Crippen molar-refractivity contribution < 1.29 is 8.42 Å². The molecule has 1 aromatic rings. The summed E-state index contributed by atoms with van der Waals surface area (Å²) in [5, 5.41) is 0. The van der Waals surface area contributed by atoms with Crippen molar-refractivity contribution in [1.82, 2.24) is 14.1 Å². The Morgan fingerprint density at radius 2 is 1.73 bits per heavy atom. The van der Waals surface area contributed by atoms with E-state index in [0.717, 1.165) is 38.2 Å². The van der Waals surface area contributed by atoms with E-state index in [1.54, 1.807) is 4.31 Å². The monoisotopic (exact) mass is 323 g/mol. The van der Waals surface area contributed by atoms with E-state index < -0.39 is 10.0 Å². The van der Waals surface area contributed by atoms with Gasteiger partial charge in [-0.1, -0.05) is 30.3 Å². The molecule has 0 saturated carbocycles. The smallest absolute Gasteiger partial charge is 0.218 e. The van der Waals surface area contributed by atoms with E-state index in [9.17, 15) is 8.42 Å². The molecule has 2 fully saturated rings. The van der Waals surface area contributed by atoms with Crippen molar-refractivity contribution in [3.05, 3.63) is 35.9 Å². The van der Waals surface area contributed by atoms with Crippen LogP contribution in [-0.4, -0.2) is 74.9 Å². The number of hydrogen-bond acceptors (Lipinski definition) is 4. The van der Waals surface area contributed by atoms with Crippen molar-refractivity contribution in [2.75, 3.05) is 46.3 Å². The van der Waals surface area contributed by atoms with E-state index in [4.69, 9.17) is 0 Å². The van der Waals surface area contributed by atoms with E-state index in [0.29, 0.717) is 19.1 Å². The number of likely N-dealkylation sites (N-methyl/N-ethyl adjacent to an activating group) is 1. The summed E-state index contributed by atoms with van der Waals surface area (Å²) in [5.74, 6) is 0.114. The van der Waals surface area contributed by atoms with Crippen molar-refractivity contribution in [1.29, 1.82) is 0 Å². The first-order valence-electron chi connectivity index (χ1n) is 7.99. The lowest BCUT2D eigenvalue weighted by Crippen LogP contribution is -2.50. The molecule has 2 heterocycles. The molecule has 0 aliphatic carbocycles. The summed E-state index contributed by atoms with van der Waals surface area (Å²) in [6, 6.07) is 9.84. The molecule has 0 radical (unpaired) electrons. The number of nitrogens with zero attached hydrogens (tertiary/aromatic N) is 3. The second kappa shape index (κ2) is 6.66. The number of sulfonamides is 1. The minimum absolute atomic E-state index is 0.114. The van der Waals surface area contributed by atoms with Crippen LogP contribution < -0.4 is 0 Å². The van der Waals surface area contributed by atoms with Gasteiger partial charge in [0, 0.05) is 45.3 Å². The molecule has 5 nitrogen and oxygen atoms in total. The normalized spacial score (nSPS) is 25.6. The highest BCUT2D eigenvalue weighted by atomic mass is 32.2. The predicted octanol–water partition coefficient (Wildman–Crippen LogP) is 0.838. The Balaban J connectivity index is 1.59. The van der Waals surface area contributed by atoms with Crippen molar-refractivity contribution in [3.8, 4) is 0 Å². The molecule has 2 aliphatic rings. The van der Waals surface area contributed by atoms with Crippen LogP contribution >= 0.6 is 0 Å². The van der Waals surface area contributed by atoms with Crippen LogP contribution in [0.15, 0.2) is 30.3 Å². The fourth-order valence-corrected chi connectivity index (χ4v) is 4.90. The van der Waals surface area contributed by atoms with Crippen LogP contribution in [0.3, 0.4) is 0 Å². The fourth-order valence-electron chi connectivity index (χ4n) is 3.32. The molecular weight excluding hydrogens is 298 g/mol. The average molecular weight is 323 g/mol. The van der Waals surface area contributed by atoms with E-state index in [1.165, 1.54) is 0 Å². The Labute approximate surface area is 133 Å². The summed E-state index contributed by atoms with van der Waals surface area (Å²) in [4.78, 5) is 4.79. The van der Waals surface area contributed by atoms with Gasteiger partial charge in [0.15, 0.2) is 0 Å². The lowest BCUT2D eigenvalue weighted by Gasteiger charge is -2.36. The Kier molecular flexibility index (Phi) is 4.82. The zero-order valence-electron chi connectivity index (χ0n) is 13.2. The Hall–Kier alpha value is -0.950. The molecule has 6 heteroatoms. The lowest BCUT2D eigenvalue weighted by molar-refractivity contribution is 0.116. The Bertz CT molecular complexity index is 583. The van der Waals surface area contributed by atoms with Crippen LogP contribution in [0, 0.1) is 0 Å². The summed E-state index contributed by atoms with van der Waals surface area (Å²) in [5.41, 5.74) is 0.866. The van der Waals surface area contributed by atoms with Crippen molar-refractivity contribution in [3.63, 3.8) is 0 Å². The molecule has 0 aromatic heterocycles. The second-order valence-corrected chi connectivity index (χ2v) is 8.35. The van der Waals surface area contributed by atoms with Gasteiger partial charge in [0.25, 0.3) is 0 Å². The van der Waals surface area contributed by atoms with Gasteiger partial charge in [-0.05, 0) is 19.0 Å². The SMILES string of the molecule is CN1CCN(C2CCN(S(=O)(=O)Cc3ccccc3)C2)CC1. The average Bonchev–Trinajstić information content (AvgIpc) is 2.99. The van der Waals surface area contributed by atoms with E-state index in [1.807, 2.05) is 30.3 Å². The summed E-state index contributed by atoms with van der Waals surface area (Å²) >= 11 is 0. The first kappa shape index (κ1) is 15.9. The van der Waals surface area contributed by atoms with E-state index in [-0.39, 0.29) is 5.75 Å². The van der Waals surface area contributed by atoms with Gasteiger partial charge >= 0.3 is 0 Å². The topological polar surface area (TPSA) is 43.9 Å². The molecule has 2 aliphatic heterocycles. The highest BCUT2D eigenvalue weighted by Crippen LogP contribution is 2.22. The first-order chi connectivity index (χ1) is 10.5. The van der Waals surface area contributed by atoms with Gasteiger partial charge in [-0.2, -0.15) is 0 Å². The van der Waals surface area contributed by atoms with E-state index in [2.05, 4.69) is 16.8 Å². The molecule has 0 amide bonds. The molecule has 1 unspecified atom stereocenters. The minimum Gasteiger partial charge on any atom is -0.304 e. The fraction of sp³-hybridized carbons (Fsp3) is 0.625. The van der Waals surface area contributed by atoms with Gasteiger partial charge in [0.05, 0.1) is 5.75 Å². The molecule has 3 rings (SSSR count). The standard InChI is InChI=1S/C16H25N3O2S/c1-17-9-11-18(12-10-17)16-7-8-19(13-16)22(20,21)14-15-5-3-2-4-6-15/h2-6,16H,7-14H2,1H3. The Morgan fingerprint density at radius 3 is 2.41 bits per heavy atom. The number of benzene rings is 1.